The van der Waals surface area contributed by atoms with E-state index in [4.69, 9.17) is 11.6 Å². The molecule has 5 heteroatoms. The van der Waals surface area contributed by atoms with Crippen molar-refractivity contribution in [3.05, 3.63) is 23.2 Å². The number of halogens is 1. The lowest BCUT2D eigenvalue weighted by Gasteiger charge is -2.09. The molecule has 1 fully saturated rings. The molecule has 98 valence electrons. The Kier molecular flexibility index (Phi) is 4.93. The van der Waals surface area contributed by atoms with Crippen LogP contribution < -0.4 is 5.32 Å². The molecule has 1 aliphatic rings. The van der Waals surface area contributed by atoms with E-state index in [0.29, 0.717) is 6.54 Å². The summed E-state index contributed by atoms with van der Waals surface area (Å²) in [6.07, 6.45) is 10.5. The molecule has 0 spiro atoms. The molecule has 1 aromatic rings. The fourth-order valence-corrected chi connectivity index (χ4v) is 2.58. The first-order chi connectivity index (χ1) is 8.75. The van der Waals surface area contributed by atoms with Gasteiger partial charge in [-0.1, -0.05) is 37.3 Å². The number of rotatable bonds is 5. The van der Waals surface area contributed by atoms with Crippen LogP contribution in [0.4, 0.5) is 0 Å². The first-order valence-corrected chi connectivity index (χ1v) is 6.89. The molecule has 0 atom stereocenters. The van der Waals surface area contributed by atoms with Gasteiger partial charge in [0.1, 0.15) is 10.8 Å². The zero-order chi connectivity index (χ0) is 12.8. The van der Waals surface area contributed by atoms with Crippen molar-refractivity contribution in [3.8, 4) is 0 Å². The quantitative estimate of drug-likeness (QED) is 0.835. The summed E-state index contributed by atoms with van der Waals surface area (Å²) >= 11 is 5.68. The molecule has 1 aliphatic carbocycles. The Hall–Kier alpha value is -1.16. The molecule has 2 rings (SSSR count). The van der Waals surface area contributed by atoms with E-state index in [9.17, 15) is 4.79 Å². The molecule has 0 unspecified atom stereocenters. The van der Waals surface area contributed by atoms with Crippen LogP contribution in [0.1, 0.15) is 49.0 Å². The summed E-state index contributed by atoms with van der Waals surface area (Å²) in [6.45, 7) is 0.698. The Balaban J connectivity index is 1.68. The fraction of sp³-hybridized carbons (Fsp3) is 0.615. The van der Waals surface area contributed by atoms with Crippen LogP contribution in [0.25, 0.3) is 0 Å². The van der Waals surface area contributed by atoms with E-state index in [1.165, 1.54) is 44.5 Å². The van der Waals surface area contributed by atoms with Crippen LogP contribution in [0.2, 0.25) is 5.15 Å². The first kappa shape index (κ1) is 13.3. The third kappa shape index (κ3) is 3.95. The van der Waals surface area contributed by atoms with Crippen LogP contribution in [0, 0.1) is 5.92 Å². The summed E-state index contributed by atoms with van der Waals surface area (Å²) in [5, 5.41) is 3.09. The highest BCUT2D eigenvalue weighted by atomic mass is 35.5. The molecular formula is C13H18ClN3O. The Morgan fingerprint density at radius 2 is 2.17 bits per heavy atom. The monoisotopic (exact) mass is 267 g/mol. The van der Waals surface area contributed by atoms with Gasteiger partial charge < -0.3 is 5.32 Å². The van der Waals surface area contributed by atoms with Crippen molar-refractivity contribution >= 4 is 17.5 Å². The normalized spacial score (nSPS) is 15.8. The highest BCUT2D eigenvalue weighted by Crippen LogP contribution is 2.28. The summed E-state index contributed by atoms with van der Waals surface area (Å²) in [7, 11) is 0. The van der Waals surface area contributed by atoms with Crippen LogP contribution in [-0.4, -0.2) is 22.4 Å². The molecule has 1 saturated carbocycles. The predicted molar refractivity (Wildman–Crippen MR) is 70.6 cm³/mol. The van der Waals surface area contributed by atoms with Crippen molar-refractivity contribution in [1.82, 2.24) is 15.3 Å². The predicted octanol–water partition coefficient (Wildman–Crippen LogP) is 2.83. The van der Waals surface area contributed by atoms with E-state index in [0.717, 1.165) is 12.3 Å². The second-order valence-corrected chi connectivity index (χ2v) is 5.16. The lowest BCUT2D eigenvalue weighted by molar-refractivity contribution is 0.0947. The van der Waals surface area contributed by atoms with Crippen molar-refractivity contribution < 1.29 is 4.79 Å². The van der Waals surface area contributed by atoms with Crippen LogP contribution in [0.15, 0.2) is 12.4 Å². The number of hydrogen-bond donors (Lipinski definition) is 1. The largest absolute Gasteiger partial charge is 0.351 e. The van der Waals surface area contributed by atoms with E-state index in [-0.39, 0.29) is 16.8 Å². The van der Waals surface area contributed by atoms with Gasteiger partial charge >= 0.3 is 0 Å². The molecule has 1 heterocycles. The van der Waals surface area contributed by atoms with Gasteiger partial charge in [0, 0.05) is 6.54 Å². The number of carbonyl (C=O) groups excluding carboxylic acids is 1. The summed E-state index contributed by atoms with van der Waals surface area (Å²) in [4.78, 5) is 19.5. The van der Waals surface area contributed by atoms with Gasteiger partial charge in [-0.05, 0) is 18.8 Å². The van der Waals surface area contributed by atoms with E-state index in [2.05, 4.69) is 15.3 Å². The summed E-state index contributed by atoms with van der Waals surface area (Å²) < 4.78 is 0. The standard InChI is InChI=1S/C13H18ClN3O/c14-12-9-15-8-11(17-12)13(18)16-7-3-6-10-4-1-2-5-10/h8-10H,1-7H2,(H,16,18). The number of carbonyl (C=O) groups is 1. The highest BCUT2D eigenvalue weighted by molar-refractivity contribution is 6.29. The maximum absolute atomic E-state index is 11.7. The molecule has 0 bridgehead atoms. The lowest BCUT2D eigenvalue weighted by Crippen LogP contribution is -2.25. The van der Waals surface area contributed by atoms with Gasteiger partial charge in [-0.2, -0.15) is 0 Å². The van der Waals surface area contributed by atoms with Gasteiger partial charge in [-0.25, -0.2) is 4.98 Å². The molecule has 0 radical (unpaired) electrons. The molecule has 0 saturated heterocycles. The van der Waals surface area contributed by atoms with Crippen molar-refractivity contribution in [2.75, 3.05) is 6.54 Å². The zero-order valence-corrected chi connectivity index (χ0v) is 11.1. The molecule has 1 amide bonds. The van der Waals surface area contributed by atoms with E-state index in [1.807, 2.05) is 0 Å². The average molecular weight is 268 g/mol. The number of aromatic nitrogens is 2. The van der Waals surface area contributed by atoms with Crippen LogP contribution in [0.5, 0.6) is 0 Å². The van der Waals surface area contributed by atoms with Crippen LogP contribution in [0.3, 0.4) is 0 Å². The summed E-state index contributed by atoms with van der Waals surface area (Å²) in [5.41, 5.74) is 0.281. The number of nitrogens with zero attached hydrogens (tertiary/aromatic N) is 2. The minimum atomic E-state index is -0.198. The third-order valence-corrected chi connectivity index (χ3v) is 3.57. The van der Waals surface area contributed by atoms with E-state index >= 15 is 0 Å². The van der Waals surface area contributed by atoms with Crippen LogP contribution >= 0.6 is 11.6 Å². The highest BCUT2D eigenvalue weighted by Gasteiger charge is 2.14. The number of hydrogen-bond acceptors (Lipinski definition) is 3. The van der Waals surface area contributed by atoms with Gasteiger partial charge in [0.05, 0.1) is 12.4 Å². The SMILES string of the molecule is O=C(NCCCC1CCCC1)c1cncc(Cl)n1. The molecule has 1 N–H and O–H groups in total. The van der Waals surface area contributed by atoms with Crippen molar-refractivity contribution in [3.63, 3.8) is 0 Å². The number of amides is 1. The number of nitrogens with one attached hydrogen (secondary N) is 1. The Bertz CT molecular complexity index is 405. The minimum Gasteiger partial charge on any atom is -0.351 e. The first-order valence-electron chi connectivity index (χ1n) is 6.51. The molecule has 4 nitrogen and oxygen atoms in total. The summed E-state index contributed by atoms with van der Waals surface area (Å²) in [6, 6.07) is 0. The molecule has 0 aliphatic heterocycles. The zero-order valence-electron chi connectivity index (χ0n) is 10.4. The van der Waals surface area contributed by atoms with Crippen molar-refractivity contribution in [1.29, 1.82) is 0 Å². The maximum atomic E-state index is 11.7. The van der Waals surface area contributed by atoms with Crippen molar-refractivity contribution in [2.45, 2.75) is 38.5 Å². The second-order valence-electron chi connectivity index (χ2n) is 4.78. The Morgan fingerprint density at radius 1 is 1.39 bits per heavy atom. The molecular weight excluding hydrogens is 250 g/mol. The topological polar surface area (TPSA) is 54.9 Å². The fourth-order valence-electron chi connectivity index (χ4n) is 2.43. The summed E-state index contributed by atoms with van der Waals surface area (Å²) in [5.74, 6) is 0.671. The van der Waals surface area contributed by atoms with Gasteiger partial charge in [0.2, 0.25) is 0 Å². The smallest absolute Gasteiger partial charge is 0.271 e. The lowest BCUT2D eigenvalue weighted by atomic mass is 10.0. The van der Waals surface area contributed by atoms with Gasteiger partial charge in [-0.3, -0.25) is 9.78 Å². The molecule has 18 heavy (non-hydrogen) atoms. The Morgan fingerprint density at radius 3 is 2.89 bits per heavy atom. The van der Waals surface area contributed by atoms with E-state index in [1.54, 1.807) is 0 Å². The Labute approximate surface area is 112 Å². The minimum absolute atomic E-state index is 0.198. The molecule has 1 aromatic heterocycles. The third-order valence-electron chi connectivity index (χ3n) is 3.39. The second kappa shape index (κ2) is 6.69. The van der Waals surface area contributed by atoms with Gasteiger partial charge in [-0.15, -0.1) is 0 Å². The van der Waals surface area contributed by atoms with Gasteiger partial charge in [0.25, 0.3) is 5.91 Å². The van der Waals surface area contributed by atoms with Crippen LogP contribution in [-0.2, 0) is 0 Å². The van der Waals surface area contributed by atoms with E-state index < -0.39 is 0 Å². The molecule has 0 aromatic carbocycles. The van der Waals surface area contributed by atoms with Gasteiger partial charge in [0.15, 0.2) is 0 Å². The maximum Gasteiger partial charge on any atom is 0.271 e. The average Bonchev–Trinajstić information content (AvgIpc) is 2.87. The van der Waals surface area contributed by atoms with Crippen molar-refractivity contribution in [2.24, 2.45) is 5.92 Å².